The van der Waals surface area contributed by atoms with E-state index < -0.39 is 5.97 Å². The Balaban J connectivity index is 1.64. The lowest BCUT2D eigenvalue weighted by molar-refractivity contribution is 0.0689. The van der Waals surface area contributed by atoms with Crippen LogP contribution in [-0.2, 0) is 0 Å². The molecule has 1 aliphatic carbocycles. The number of carboxylic acid groups (broad SMARTS) is 1. The van der Waals surface area contributed by atoms with Crippen molar-refractivity contribution >= 4 is 11.8 Å². The number of aromatic nitrogens is 2. The third kappa shape index (κ3) is 2.62. The summed E-state index contributed by atoms with van der Waals surface area (Å²) in [4.78, 5) is 13.0. The average Bonchev–Trinajstić information content (AvgIpc) is 2.49. The molecule has 0 aromatic carbocycles. The van der Waals surface area contributed by atoms with Crippen molar-refractivity contribution in [3.63, 3.8) is 0 Å². The first-order valence-electron chi connectivity index (χ1n) is 7.51. The second-order valence-corrected chi connectivity index (χ2v) is 6.13. The second-order valence-electron chi connectivity index (χ2n) is 6.13. The highest BCUT2D eigenvalue weighted by molar-refractivity contribution is 5.85. The van der Waals surface area contributed by atoms with Crippen molar-refractivity contribution in [2.24, 2.45) is 5.41 Å². The highest BCUT2D eigenvalue weighted by atomic mass is 16.4. The van der Waals surface area contributed by atoms with E-state index in [-0.39, 0.29) is 5.69 Å². The first-order valence-corrected chi connectivity index (χ1v) is 7.51. The van der Waals surface area contributed by atoms with E-state index >= 15 is 0 Å². The molecule has 0 radical (unpaired) electrons. The number of nitrogens with zero attached hydrogens (tertiary/aromatic N) is 3. The molecule has 1 aliphatic heterocycles. The van der Waals surface area contributed by atoms with Crippen molar-refractivity contribution in [1.29, 1.82) is 0 Å². The number of piperidine rings is 1. The Labute approximate surface area is 119 Å². The first-order chi connectivity index (χ1) is 9.69. The van der Waals surface area contributed by atoms with Crippen LogP contribution in [0.1, 0.15) is 55.4 Å². The number of anilines is 1. The summed E-state index contributed by atoms with van der Waals surface area (Å²) < 4.78 is 0. The van der Waals surface area contributed by atoms with Gasteiger partial charge in [0.05, 0.1) is 0 Å². The summed E-state index contributed by atoms with van der Waals surface area (Å²) in [5.74, 6) is -0.218. The molecule has 20 heavy (non-hydrogen) atoms. The van der Waals surface area contributed by atoms with Crippen LogP contribution in [0.5, 0.6) is 0 Å². The average molecular weight is 275 g/mol. The van der Waals surface area contributed by atoms with Crippen LogP contribution in [-0.4, -0.2) is 34.4 Å². The topological polar surface area (TPSA) is 66.3 Å². The lowest BCUT2D eigenvalue weighted by atomic mass is 9.68. The largest absolute Gasteiger partial charge is 0.476 e. The van der Waals surface area contributed by atoms with Crippen molar-refractivity contribution in [2.45, 2.75) is 44.9 Å². The number of hydrogen-bond acceptors (Lipinski definition) is 4. The first kappa shape index (κ1) is 13.3. The standard InChI is InChI=1S/C15H21N3O2/c19-14(20)12-4-5-13(17-16-12)18-10-8-15(9-11-18)6-2-1-3-7-15/h4-5H,1-3,6-11H2,(H,19,20). The second kappa shape index (κ2) is 5.38. The monoisotopic (exact) mass is 275 g/mol. The van der Waals surface area contributed by atoms with Gasteiger partial charge in [0, 0.05) is 13.1 Å². The summed E-state index contributed by atoms with van der Waals surface area (Å²) in [6.45, 7) is 2.03. The van der Waals surface area contributed by atoms with Gasteiger partial charge < -0.3 is 10.0 Å². The molecule has 2 heterocycles. The maximum atomic E-state index is 10.8. The molecule has 1 N–H and O–H groups in total. The summed E-state index contributed by atoms with van der Waals surface area (Å²) in [5.41, 5.74) is 0.581. The lowest BCUT2D eigenvalue weighted by Crippen LogP contribution is -2.41. The van der Waals surface area contributed by atoms with Crippen LogP contribution in [0.3, 0.4) is 0 Å². The summed E-state index contributed by atoms with van der Waals surface area (Å²) in [7, 11) is 0. The minimum Gasteiger partial charge on any atom is -0.476 e. The van der Waals surface area contributed by atoms with E-state index in [1.165, 1.54) is 51.0 Å². The van der Waals surface area contributed by atoms with Crippen molar-refractivity contribution in [3.05, 3.63) is 17.8 Å². The van der Waals surface area contributed by atoms with E-state index in [2.05, 4.69) is 15.1 Å². The zero-order valence-corrected chi connectivity index (χ0v) is 11.7. The minimum absolute atomic E-state index is 0.00881. The molecule has 0 atom stereocenters. The van der Waals surface area contributed by atoms with Gasteiger partial charge in [-0.25, -0.2) is 4.79 Å². The smallest absolute Gasteiger partial charge is 0.356 e. The third-order valence-corrected chi connectivity index (χ3v) is 4.93. The normalized spacial score (nSPS) is 21.9. The van der Waals surface area contributed by atoms with Gasteiger partial charge >= 0.3 is 5.97 Å². The highest BCUT2D eigenvalue weighted by Crippen LogP contribution is 2.44. The van der Waals surface area contributed by atoms with Crippen LogP contribution < -0.4 is 4.90 Å². The molecule has 5 heteroatoms. The molecule has 1 saturated heterocycles. The fourth-order valence-electron chi connectivity index (χ4n) is 3.62. The Morgan fingerprint density at radius 3 is 2.30 bits per heavy atom. The third-order valence-electron chi connectivity index (χ3n) is 4.93. The molecular weight excluding hydrogens is 254 g/mol. The molecule has 5 nitrogen and oxygen atoms in total. The van der Waals surface area contributed by atoms with E-state index in [4.69, 9.17) is 5.11 Å². The van der Waals surface area contributed by atoms with Gasteiger partial charge in [-0.2, -0.15) is 0 Å². The van der Waals surface area contributed by atoms with Crippen LogP contribution in [0.15, 0.2) is 12.1 Å². The number of hydrogen-bond donors (Lipinski definition) is 1. The molecule has 2 aliphatic rings. The van der Waals surface area contributed by atoms with Crippen LogP contribution in [0.4, 0.5) is 5.82 Å². The van der Waals surface area contributed by atoms with E-state index in [0.717, 1.165) is 18.9 Å². The maximum absolute atomic E-state index is 10.8. The Hall–Kier alpha value is -1.65. The molecule has 1 aromatic heterocycles. The van der Waals surface area contributed by atoms with Crippen LogP contribution >= 0.6 is 0 Å². The number of rotatable bonds is 2. The Kier molecular flexibility index (Phi) is 3.59. The van der Waals surface area contributed by atoms with Gasteiger partial charge in [-0.1, -0.05) is 19.3 Å². The molecule has 2 fully saturated rings. The molecule has 1 spiro atoms. The molecule has 1 aromatic rings. The number of carbonyl (C=O) groups is 1. The summed E-state index contributed by atoms with van der Waals surface area (Å²) >= 11 is 0. The molecular formula is C15H21N3O2. The Morgan fingerprint density at radius 1 is 1.05 bits per heavy atom. The van der Waals surface area contributed by atoms with Gasteiger partial charge in [-0.05, 0) is 43.2 Å². The van der Waals surface area contributed by atoms with Crippen LogP contribution in [0.2, 0.25) is 0 Å². The fourth-order valence-corrected chi connectivity index (χ4v) is 3.62. The molecule has 0 unspecified atom stereocenters. The zero-order chi connectivity index (χ0) is 14.0. The number of carboxylic acids is 1. The number of aromatic carboxylic acids is 1. The SMILES string of the molecule is O=C(O)c1ccc(N2CCC3(CCCCC3)CC2)nn1. The molecule has 0 bridgehead atoms. The van der Waals surface area contributed by atoms with Gasteiger partial charge in [-0.15, -0.1) is 10.2 Å². The predicted molar refractivity (Wildman–Crippen MR) is 76.0 cm³/mol. The fraction of sp³-hybridized carbons (Fsp3) is 0.667. The van der Waals surface area contributed by atoms with E-state index in [9.17, 15) is 4.79 Å². The lowest BCUT2D eigenvalue weighted by Gasteiger charge is -2.44. The van der Waals surface area contributed by atoms with Crippen molar-refractivity contribution in [3.8, 4) is 0 Å². The summed E-state index contributed by atoms with van der Waals surface area (Å²) in [6, 6.07) is 3.31. The maximum Gasteiger partial charge on any atom is 0.356 e. The van der Waals surface area contributed by atoms with Crippen LogP contribution in [0, 0.1) is 5.41 Å². The van der Waals surface area contributed by atoms with E-state index in [1.54, 1.807) is 6.07 Å². The van der Waals surface area contributed by atoms with Crippen molar-refractivity contribution in [2.75, 3.05) is 18.0 Å². The van der Waals surface area contributed by atoms with Gasteiger partial charge in [0.25, 0.3) is 0 Å². The summed E-state index contributed by atoms with van der Waals surface area (Å²) in [5, 5.41) is 16.7. The van der Waals surface area contributed by atoms with Gasteiger partial charge in [-0.3, -0.25) is 0 Å². The molecule has 0 amide bonds. The molecule has 108 valence electrons. The van der Waals surface area contributed by atoms with Gasteiger partial charge in [0.2, 0.25) is 0 Å². The highest BCUT2D eigenvalue weighted by Gasteiger charge is 2.35. The Bertz CT molecular complexity index is 470. The zero-order valence-electron chi connectivity index (χ0n) is 11.7. The predicted octanol–water partition coefficient (Wildman–Crippen LogP) is 2.73. The summed E-state index contributed by atoms with van der Waals surface area (Å²) in [6.07, 6.45) is 9.38. The Morgan fingerprint density at radius 2 is 1.75 bits per heavy atom. The van der Waals surface area contributed by atoms with E-state index in [1.807, 2.05) is 0 Å². The molecule has 1 saturated carbocycles. The molecule has 3 rings (SSSR count). The van der Waals surface area contributed by atoms with E-state index in [0.29, 0.717) is 5.41 Å². The quantitative estimate of drug-likeness (QED) is 0.899. The van der Waals surface area contributed by atoms with Gasteiger partial charge in [0.1, 0.15) is 0 Å². The van der Waals surface area contributed by atoms with Crippen molar-refractivity contribution in [1.82, 2.24) is 10.2 Å². The van der Waals surface area contributed by atoms with Crippen molar-refractivity contribution < 1.29 is 9.90 Å². The minimum atomic E-state index is -1.02. The van der Waals surface area contributed by atoms with Crippen LogP contribution in [0.25, 0.3) is 0 Å². The van der Waals surface area contributed by atoms with Gasteiger partial charge in [0.15, 0.2) is 11.5 Å².